The number of nitrogens with one attached hydrogen (secondary N) is 1. The molecule has 244 valence electrons. The summed E-state index contributed by atoms with van der Waals surface area (Å²) >= 11 is 0. The summed E-state index contributed by atoms with van der Waals surface area (Å²) in [5.41, 5.74) is 4.70. The van der Waals surface area contributed by atoms with Crippen molar-refractivity contribution in [1.82, 2.24) is 19.6 Å². The molecule has 2 aromatic heterocycles. The first-order valence-corrected chi connectivity index (χ1v) is 17.2. The Labute approximate surface area is 273 Å². The van der Waals surface area contributed by atoms with Crippen LogP contribution in [0, 0.1) is 13.8 Å². The van der Waals surface area contributed by atoms with Crippen molar-refractivity contribution < 1.29 is 27.3 Å². The first-order chi connectivity index (χ1) is 22.7. The minimum absolute atomic E-state index is 0.122. The Kier molecular flexibility index (Phi) is 9.12. The van der Waals surface area contributed by atoms with E-state index in [1.165, 1.54) is 0 Å². The van der Waals surface area contributed by atoms with Crippen molar-refractivity contribution in [2.24, 2.45) is 0 Å². The number of hydrogen-bond donors (Lipinski definition) is 1. The molecule has 1 aliphatic heterocycles. The fourth-order valence-electron chi connectivity index (χ4n) is 5.88. The van der Waals surface area contributed by atoms with E-state index in [9.17, 15) is 18.0 Å². The molecule has 11 nitrogen and oxygen atoms in total. The van der Waals surface area contributed by atoms with E-state index < -0.39 is 16.0 Å². The summed E-state index contributed by atoms with van der Waals surface area (Å²) < 4.78 is 42.2. The third-order valence-corrected chi connectivity index (χ3v) is 9.93. The number of sulfonamides is 1. The SMILES string of the molecule is CCc1nc2cccc(C(=O)OCCCN3CCCC3=O)c2n1Cc1ccc(-c2ccccc2S(=O)(=O)Nc2noc(C)c2C)cc1. The molecule has 12 heteroatoms. The molecular weight excluding hydrogens is 618 g/mol. The summed E-state index contributed by atoms with van der Waals surface area (Å²) in [4.78, 5) is 31.9. The minimum atomic E-state index is -3.96. The number of para-hydroxylation sites is 1. The van der Waals surface area contributed by atoms with Crippen molar-refractivity contribution >= 4 is 38.8 Å². The Morgan fingerprint density at radius 2 is 1.83 bits per heavy atom. The number of imidazole rings is 1. The molecule has 0 atom stereocenters. The lowest BCUT2D eigenvalue weighted by molar-refractivity contribution is -0.127. The minimum Gasteiger partial charge on any atom is -0.462 e. The molecule has 0 radical (unpaired) electrons. The highest BCUT2D eigenvalue weighted by molar-refractivity contribution is 7.92. The highest BCUT2D eigenvalue weighted by Gasteiger charge is 2.24. The Balaban J connectivity index is 1.22. The molecule has 3 heterocycles. The monoisotopic (exact) mass is 655 g/mol. The second-order valence-corrected chi connectivity index (χ2v) is 13.3. The molecule has 5 aromatic rings. The van der Waals surface area contributed by atoms with E-state index in [-0.39, 0.29) is 23.2 Å². The van der Waals surface area contributed by atoms with E-state index >= 15 is 0 Å². The van der Waals surface area contributed by atoms with Crippen LogP contribution in [0.2, 0.25) is 0 Å². The molecule has 1 amide bonds. The predicted molar refractivity (Wildman–Crippen MR) is 178 cm³/mol. The van der Waals surface area contributed by atoms with Crippen molar-refractivity contribution in [3.8, 4) is 11.1 Å². The van der Waals surface area contributed by atoms with Crippen LogP contribution in [0.3, 0.4) is 0 Å². The fraction of sp³-hybridized carbons (Fsp3) is 0.314. The summed E-state index contributed by atoms with van der Waals surface area (Å²) in [5, 5.41) is 3.85. The predicted octanol–water partition coefficient (Wildman–Crippen LogP) is 5.89. The maximum Gasteiger partial charge on any atom is 0.340 e. The van der Waals surface area contributed by atoms with E-state index in [4.69, 9.17) is 14.2 Å². The van der Waals surface area contributed by atoms with Crippen LogP contribution < -0.4 is 4.72 Å². The average molecular weight is 656 g/mol. The second kappa shape index (κ2) is 13.4. The summed E-state index contributed by atoms with van der Waals surface area (Å²) in [6.07, 6.45) is 2.71. The van der Waals surface area contributed by atoms with Gasteiger partial charge in [-0.25, -0.2) is 18.2 Å². The molecule has 1 aliphatic rings. The van der Waals surface area contributed by atoms with Gasteiger partial charge in [0.25, 0.3) is 10.0 Å². The summed E-state index contributed by atoms with van der Waals surface area (Å²) in [5.74, 6) is 1.26. The van der Waals surface area contributed by atoms with Gasteiger partial charge in [-0.05, 0) is 56.0 Å². The number of anilines is 1. The molecule has 6 rings (SSSR count). The zero-order valence-corrected chi connectivity index (χ0v) is 27.5. The van der Waals surface area contributed by atoms with Crippen molar-refractivity contribution in [1.29, 1.82) is 0 Å². The van der Waals surface area contributed by atoms with Crippen LogP contribution in [0.25, 0.3) is 22.2 Å². The molecule has 3 aromatic carbocycles. The lowest BCUT2D eigenvalue weighted by Crippen LogP contribution is -2.26. The summed E-state index contributed by atoms with van der Waals surface area (Å²) in [7, 11) is -3.96. The lowest BCUT2D eigenvalue weighted by atomic mass is 10.0. The largest absolute Gasteiger partial charge is 0.462 e. The van der Waals surface area contributed by atoms with Crippen molar-refractivity contribution in [2.75, 3.05) is 24.4 Å². The highest BCUT2D eigenvalue weighted by Crippen LogP contribution is 2.31. The molecule has 47 heavy (non-hydrogen) atoms. The number of ether oxygens (including phenoxy) is 1. The quantitative estimate of drug-likeness (QED) is 0.130. The zero-order chi connectivity index (χ0) is 33.1. The summed E-state index contributed by atoms with van der Waals surface area (Å²) in [6.45, 7) is 7.50. The lowest BCUT2D eigenvalue weighted by Gasteiger charge is -2.15. The number of amides is 1. The van der Waals surface area contributed by atoms with Gasteiger partial charge in [-0.1, -0.05) is 60.6 Å². The number of aromatic nitrogens is 3. The molecule has 0 unspecified atom stereocenters. The first kappa shape index (κ1) is 32.0. The number of nitrogens with zero attached hydrogens (tertiary/aromatic N) is 4. The average Bonchev–Trinajstić information content (AvgIpc) is 3.75. The van der Waals surface area contributed by atoms with Gasteiger partial charge in [0, 0.05) is 43.6 Å². The van der Waals surface area contributed by atoms with Crippen molar-refractivity contribution in [3.05, 3.63) is 95.0 Å². The highest BCUT2D eigenvalue weighted by atomic mass is 32.2. The summed E-state index contributed by atoms with van der Waals surface area (Å²) in [6, 6.07) is 19.9. The molecule has 0 bridgehead atoms. The van der Waals surface area contributed by atoms with Crippen molar-refractivity contribution in [2.45, 2.75) is 57.9 Å². The third-order valence-electron chi connectivity index (χ3n) is 8.53. The topological polar surface area (TPSA) is 137 Å². The Bertz CT molecular complexity index is 2050. The standard InChI is InChI=1S/C35H37N5O6S/c1-4-31-36-29-12-7-11-28(35(42)45-21-9-20-39-19-8-14-32(39)41)33(29)40(31)22-25-15-17-26(18-16-25)27-10-5-6-13-30(27)47(43,44)38-34-23(2)24(3)46-37-34/h5-7,10-13,15-18H,4,8-9,14,19-22H2,1-3H3,(H,37,38). The van der Waals surface area contributed by atoms with Crippen LogP contribution in [-0.4, -0.2) is 59.6 Å². The van der Waals surface area contributed by atoms with Gasteiger partial charge in [0.15, 0.2) is 5.82 Å². The van der Waals surface area contributed by atoms with Crippen LogP contribution in [0.1, 0.15) is 59.3 Å². The smallest absolute Gasteiger partial charge is 0.340 e. The molecule has 0 spiro atoms. The number of benzene rings is 3. The van der Waals surface area contributed by atoms with Crippen LogP contribution in [0.4, 0.5) is 5.82 Å². The molecule has 1 N–H and O–H groups in total. The number of carbonyl (C=O) groups excluding carboxylic acids is 2. The van der Waals surface area contributed by atoms with Crippen LogP contribution in [0.5, 0.6) is 0 Å². The van der Waals surface area contributed by atoms with Gasteiger partial charge in [0.05, 0.1) is 28.1 Å². The number of hydrogen-bond acceptors (Lipinski definition) is 8. The van der Waals surface area contributed by atoms with Gasteiger partial charge in [-0.15, -0.1) is 0 Å². The number of carbonyl (C=O) groups is 2. The van der Waals surface area contributed by atoms with Crippen LogP contribution in [-0.2, 0) is 32.5 Å². The second-order valence-electron chi connectivity index (χ2n) is 11.6. The molecule has 1 fully saturated rings. The van der Waals surface area contributed by atoms with Crippen molar-refractivity contribution in [3.63, 3.8) is 0 Å². The van der Waals surface area contributed by atoms with Gasteiger partial charge in [0.2, 0.25) is 5.91 Å². The molecule has 1 saturated heterocycles. The van der Waals surface area contributed by atoms with Gasteiger partial charge in [-0.2, -0.15) is 0 Å². The Morgan fingerprint density at radius 3 is 2.53 bits per heavy atom. The van der Waals surface area contributed by atoms with E-state index in [0.717, 1.165) is 29.9 Å². The van der Waals surface area contributed by atoms with Gasteiger partial charge < -0.3 is 18.7 Å². The molecular formula is C35H37N5O6S. The van der Waals surface area contributed by atoms with Gasteiger partial charge in [0.1, 0.15) is 11.6 Å². The van der Waals surface area contributed by atoms with Crippen LogP contribution >= 0.6 is 0 Å². The number of rotatable bonds is 12. The fourth-order valence-corrected chi connectivity index (χ4v) is 7.17. The van der Waals surface area contributed by atoms with Crippen LogP contribution in [0.15, 0.2) is 76.1 Å². The molecule has 0 saturated carbocycles. The van der Waals surface area contributed by atoms with Gasteiger partial charge in [-0.3, -0.25) is 9.52 Å². The van der Waals surface area contributed by atoms with E-state index in [0.29, 0.717) is 65.8 Å². The van der Waals surface area contributed by atoms with E-state index in [1.54, 1.807) is 50.2 Å². The Morgan fingerprint density at radius 1 is 1.04 bits per heavy atom. The van der Waals surface area contributed by atoms with E-state index in [2.05, 4.69) is 9.88 Å². The number of fused-ring (bicyclic) bond motifs is 1. The number of likely N-dealkylation sites (tertiary alicyclic amines) is 1. The zero-order valence-electron chi connectivity index (χ0n) is 26.7. The third kappa shape index (κ3) is 6.64. The first-order valence-electron chi connectivity index (χ1n) is 15.7. The van der Waals surface area contributed by atoms with Gasteiger partial charge >= 0.3 is 5.97 Å². The maximum absolute atomic E-state index is 13.4. The molecule has 0 aliphatic carbocycles. The number of esters is 1. The number of aryl methyl sites for hydroxylation is 2. The van der Waals surface area contributed by atoms with E-state index in [1.807, 2.05) is 46.7 Å². The Hall–Kier alpha value is -4.97. The normalized spacial score (nSPS) is 13.4. The maximum atomic E-state index is 13.4.